The van der Waals surface area contributed by atoms with E-state index in [0.29, 0.717) is 40.6 Å². The molecule has 2 heterocycles. The molecule has 1 aliphatic carbocycles. The summed E-state index contributed by atoms with van der Waals surface area (Å²) in [4.78, 5) is 37.0. The minimum Gasteiger partial charge on any atom is -0.633 e. The zero-order chi connectivity index (χ0) is 31.7. The molecule has 5 aromatic rings. The van der Waals surface area contributed by atoms with Gasteiger partial charge in [-0.1, -0.05) is 35.9 Å². The highest BCUT2D eigenvalue weighted by Crippen LogP contribution is 2.31. The Balaban J connectivity index is 1.28. The van der Waals surface area contributed by atoms with Crippen molar-refractivity contribution in [3.63, 3.8) is 0 Å². The van der Waals surface area contributed by atoms with Crippen LogP contribution in [0.2, 0.25) is 0 Å². The fourth-order valence-corrected chi connectivity index (χ4v) is 5.39. The van der Waals surface area contributed by atoms with Gasteiger partial charge in [0.2, 0.25) is 0 Å². The molecule has 0 aliphatic heterocycles. The number of likely N-dealkylation sites (N-methyl/N-ethyl adjacent to an activating group) is 2. The molecule has 230 valence electrons. The molecule has 2 N–H and O–H groups in total. The number of anilines is 2. The van der Waals surface area contributed by atoms with E-state index in [1.807, 2.05) is 25.1 Å². The molecule has 2 aromatic heterocycles. The molecule has 0 radical (unpaired) electrons. The predicted molar refractivity (Wildman–Crippen MR) is 174 cm³/mol. The van der Waals surface area contributed by atoms with Crippen LogP contribution in [0.3, 0.4) is 0 Å². The van der Waals surface area contributed by atoms with E-state index in [1.54, 1.807) is 68.7 Å². The summed E-state index contributed by atoms with van der Waals surface area (Å²) in [6.07, 6.45) is 6.22. The maximum absolute atomic E-state index is 14.0. The van der Waals surface area contributed by atoms with Crippen molar-refractivity contribution < 1.29 is 14.2 Å². The molecule has 1 amide bonds. The van der Waals surface area contributed by atoms with Crippen molar-refractivity contribution >= 4 is 28.6 Å². The van der Waals surface area contributed by atoms with Crippen molar-refractivity contribution in [3.8, 4) is 17.1 Å². The molecular weight excluding hydrogens is 570 g/mol. The Bertz CT molecular complexity index is 1960. The van der Waals surface area contributed by atoms with Gasteiger partial charge in [-0.3, -0.25) is 9.36 Å². The number of carbonyl (C=O) groups excluding carboxylic acids is 1. The molecule has 6 rings (SSSR count). The summed E-state index contributed by atoms with van der Waals surface area (Å²) in [5.41, 5.74) is 10.4. The number of amides is 1. The van der Waals surface area contributed by atoms with Gasteiger partial charge in [-0.25, -0.2) is 19.3 Å². The van der Waals surface area contributed by atoms with Gasteiger partial charge in [0.25, 0.3) is 5.91 Å². The molecule has 0 bridgehead atoms. The van der Waals surface area contributed by atoms with Crippen molar-refractivity contribution in [2.45, 2.75) is 32.4 Å². The number of aryl methyl sites for hydroxylation is 1. The molecule has 11 heteroatoms. The van der Waals surface area contributed by atoms with E-state index in [1.165, 1.54) is 26.4 Å². The summed E-state index contributed by atoms with van der Waals surface area (Å²) in [6, 6.07) is 22.4. The molecule has 11 nitrogen and oxygen atoms in total. The van der Waals surface area contributed by atoms with Crippen LogP contribution in [0, 0.1) is 12.1 Å². The highest BCUT2D eigenvalue weighted by atomic mass is 16.5. The van der Waals surface area contributed by atoms with E-state index < -0.39 is 5.69 Å². The normalized spacial score (nSPS) is 14.5. The third-order valence-corrected chi connectivity index (χ3v) is 8.09. The van der Waals surface area contributed by atoms with Crippen LogP contribution in [0.25, 0.3) is 22.5 Å². The predicted octanol–water partition coefficient (Wildman–Crippen LogP) is 4.67. The Morgan fingerprint density at radius 2 is 1.82 bits per heavy atom. The van der Waals surface area contributed by atoms with Gasteiger partial charge in [-0.15, -0.1) is 0 Å². The van der Waals surface area contributed by atoms with Crippen LogP contribution in [0.1, 0.15) is 24.0 Å². The molecular formula is C34H35N7O4. The number of hydroxylamine groups is 3. The molecule has 1 aliphatic rings. The van der Waals surface area contributed by atoms with Gasteiger partial charge >= 0.3 is 5.69 Å². The van der Waals surface area contributed by atoms with Gasteiger partial charge in [0.1, 0.15) is 24.2 Å². The lowest BCUT2D eigenvalue weighted by atomic mass is 10.1. The number of carbonyl (C=O) groups is 1. The second-order valence-corrected chi connectivity index (χ2v) is 11.6. The van der Waals surface area contributed by atoms with Gasteiger partial charge in [0.15, 0.2) is 11.5 Å². The summed E-state index contributed by atoms with van der Waals surface area (Å²) in [5.74, 6) is 0.523. The minimum atomic E-state index is -0.399. The van der Waals surface area contributed by atoms with Crippen molar-refractivity contribution in [3.05, 3.63) is 118 Å². The van der Waals surface area contributed by atoms with Gasteiger partial charge < -0.3 is 25.2 Å². The van der Waals surface area contributed by atoms with Crippen LogP contribution in [0.5, 0.6) is 5.75 Å². The number of nitrogen functional groups attached to an aromatic ring is 1. The Kier molecular flexibility index (Phi) is 7.96. The lowest BCUT2D eigenvalue weighted by Crippen LogP contribution is -2.40. The van der Waals surface area contributed by atoms with E-state index in [9.17, 15) is 14.8 Å². The number of fused-ring (bicyclic) bond motifs is 1. The summed E-state index contributed by atoms with van der Waals surface area (Å²) in [6.45, 7) is 2.69. The van der Waals surface area contributed by atoms with Gasteiger partial charge in [0, 0.05) is 31.7 Å². The smallest absolute Gasteiger partial charge is 0.339 e. The molecule has 3 aromatic carbocycles. The highest BCUT2D eigenvalue weighted by Gasteiger charge is 2.34. The lowest BCUT2D eigenvalue weighted by Gasteiger charge is -2.38. The van der Waals surface area contributed by atoms with Crippen LogP contribution < -0.4 is 21.1 Å². The van der Waals surface area contributed by atoms with Gasteiger partial charge in [-0.05, 0) is 61.0 Å². The number of aromatic nitrogens is 4. The number of rotatable bonds is 10. The summed E-state index contributed by atoms with van der Waals surface area (Å²) >= 11 is 0. The quantitative estimate of drug-likeness (QED) is 0.139. The third kappa shape index (κ3) is 6.21. The molecule has 0 spiro atoms. The van der Waals surface area contributed by atoms with Crippen molar-refractivity contribution in [2.75, 3.05) is 31.3 Å². The number of imidazole rings is 1. The molecule has 1 unspecified atom stereocenters. The number of hydrogen-bond donors (Lipinski definition) is 1. The second kappa shape index (κ2) is 12.0. The first-order valence-corrected chi connectivity index (χ1v) is 14.8. The fraction of sp³-hybridized carbons (Fsp3) is 0.235. The SMILES string of the molecule is Cc1cccc(COc2ccc(-n3c(=O)n(-c4cccc(N(C)C(=O)C=CC[N+](C)([O-])C5CC5)c4)c4ncnc(N)c43)cc2)c1. The number of ether oxygens (including phenoxy) is 1. The van der Waals surface area contributed by atoms with Crippen LogP contribution in [0.15, 0.2) is 96.1 Å². The number of benzene rings is 3. The Labute approximate surface area is 260 Å². The van der Waals surface area contributed by atoms with E-state index >= 15 is 0 Å². The van der Waals surface area contributed by atoms with Crippen LogP contribution in [0.4, 0.5) is 11.5 Å². The average Bonchev–Trinajstić information content (AvgIpc) is 3.85. The zero-order valence-corrected chi connectivity index (χ0v) is 25.5. The molecule has 1 saturated carbocycles. The van der Waals surface area contributed by atoms with Crippen LogP contribution in [-0.2, 0) is 11.4 Å². The topological polar surface area (TPSA) is 131 Å². The minimum absolute atomic E-state index is 0.118. The van der Waals surface area contributed by atoms with E-state index in [-0.39, 0.29) is 29.0 Å². The second-order valence-electron chi connectivity index (χ2n) is 11.6. The summed E-state index contributed by atoms with van der Waals surface area (Å²) in [5, 5.41) is 12.6. The van der Waals surface area contributed by atoms with Crippen LogP contribution >= 0.6 is 0 Å². The first-order valence-electron chi connectivity index (χ1n) is 14.8. The standard InChI is InChI=1S/C34H35N7O4/c1-23-7-4-8-24(19-23)21-45-29-16-12-25(13-17-29)39-31-32(35)36-22-37-33(31)40(34(39)43)27-10-5-9-26(20-27)38(2)30(42)11-6-18-41(3,44)28-14-15-28/h4-13,16-17,19-20,22,28H,14-15,18,21H2,1-3H3,(H2,35,36,37). The van der Waals surface area contributed by atoms with E-state index in [4.69, 9.17) is 10.5 Å². The maximum atomic E-state index is 14.0. The summed E-state index contributed by atoms with van der Waals surface area (Å²) < 4.78 is 8.51. The molecule has 0 saturated heterocycles. The number of nitrogens with two attached hydrogens (primary N) is 1. The lowest BCUT2D eigenvalue weighted by molar-refractivity contribution is -0.865. The first kappa shape index (κ1) is 29.8. The first-order chi connectivity index (χ1) is 21.6. The maximum Gasteiger partial charge on any atom is 0.339 e. The van der Waals surface area contributed by atoms with E-state index in [0.717, 1.165) is 24.0 Å². The zero-order valence-electron chi connectivity index (χ0n) is 25.5. The van der Waals surface area contributed by atoms with Gasteiger partial charge in [-0.2, -0.15) is 0 Å². The molecule has 45 heavy (non-hydrogen) atoms. The monoisotopic (exact) mass is 605 g/mol. The number of nitrogens with zero attached hydrogens (tertiary/aromatic N) is 6. The van der Waals surface area contributed by atoms with Gasteiger partial charge in [0.05, 0.1) is 31.0 Å². The van der Waals surface area contributed by atoms with Crippen LogP contribution in [-0.4, -0.2) is 56.3 Å². The largest absolute Gasteiger partial charge is 0.633 e. The Morgan fingerprint density at radius 3 is 2.56 bits per heavy atom. The fourth-order valence-electron chi connectivity index (χ4n) is 5.39. The third-order valence-electron chi connectivity index (χ3n) is 8.09. The number of quaternary nitrogens is 1. The molecule has 1 fully saturated rings. The van der Waals surface area contributed by atoms with Crippen molar-refractivity contribution in [1.82, 2.24) is 19.1 Å². The Morgan fingerprint density at radius 1 is 1.07 bits per heavy atom. The van der Waals surface area contributed by atoms with Crippen molar-refractivity contribution in [1.29, 1.82) is 0 Å². The summed E-state index contributed by atoms with van der Waals surface area (Å²) in [7, 11) is 3.28. The van der Waals surface area contributed by atoms with E-state index in [2.05, 4.69) is 16.0 Å². The highest BCUT2D eigenvalue weighted by molar-refractivity contribution is 6.01. The number of hydrogen-bond acceptors (Lipinski definition) is 7. The average molecular weight is 606 g/mol. The Hall–Kier alpha value is -5.26. The van der Waals surface area contributed by atoms with Crippen molar-refractivity contribution in [2.24, 2.45) is 0 Å². The molecule has 1 atom stereocenters.